The summed E-state index contributed by atoms with van der Waals surface area (Å²) < 4.78 is 0. The minimum Gasteiger partial charge on any atom is -0.394 e. The van der Waals surface area contributed by atoms with E-state index in [1.54, 1.807) is 16.7 Å². The van der Waals surface area contributed by atoms with Gasteiger partial charge >= 0.3 is 0 Å². The van der Waals surface area contributed by atoms with Crippen LogP contribution in [-0.2, 0) is 5.75 Å². The zero-order valence-electron chi connectivity index (χ0n) is 13.0. The topological polar surface area (TPSA) is 40.5 Å². The first-order valence-electron chi connectivity index (χ1n) is 7.96. The van der Waals surface area contributed by atoms with E-state index in [0.29, 0.717) is 5.56 Å². The molecule has 3 nitrogen and oxygen atoms in total. The number of nitrogens with zero attached hydrogens (tertiary/aromatic N) is 1. The van der Waals surface area contributed by atoms with Crippen molar-refractivity contribution in [3.05, 3.63) is 65.7 Å². The summed E-state index contributed by atoms with van der Waals surface area (Å²) in [6, 6.07) is 18.1. The third kappa shape index (κ3) is 3.95. The molecule has 0 radical (unpaired) electrons. The molecule has 1 heterocycles. The van der Waals surface area contributed by atoms with Crippen LogP contribution >= 0.6 is 11.8 Å². The van der Waals surface area contributed by atoms with Gasteiger partial charge in [0.1, 0.15) is 0 Å². The molecule has 120 valence electrons. The van der Waals surface area contributed by atoms with E-state index in [-0.39, 0.29) is 18.6 Å². The second-order valence-corrected chi connectivity index (χ2v) is 6.82. The molecule has 2 aromatic rings. The molecule has 1 amide bonds. The fourth-order valence-corrected chi connectivity index (χ4v) is 3.76. The van der Waals surface area contributed by atoms with E-state index in [2.05, 4.69) is 12.1 Å². The normalized spacial score (nSPS) is 17.4. The molecule has 3 rings (SSSR count). The Kier molecular flexibility index (Phi) is 5.36. The van der Waals surface area contributed by atoms with Crippen molar-refractivity contribution < 1.29 is 9.90 Å². The lowest BCUT2D eigenvalue weighted by atomic mass is 10.1. The molecule has 2 aromatic carbocycles. The number of aliphatic hydroxyl groups excluding tert-OH is 1. The van der Waals surface area contributed by atoms with Crippen LogP contribution in [0, 0.1) is 0 Å². The minimum atomic E-state index is -0.0178. The maximum atomic E-state index is 12.5. The third-order valence-electron chi connectivity index (χ3n) is 4.20. The fourth-order valence-electron chi connectivity index (χ4n) is 2.89. The van der Waals surface area contributed by atoms with Gasteiger partial charge in [0.15, 0.2) is 0 Å². The molecule has 1 aliphatic heterocycles. The highest BCUT2D eigenvalue weighted by atomic mass is 32.2. The molecule has 1 N–H and O–H groups in total. The van der Waals surface area contributed by atoms with E-state index in [1.807, 2.05) is 42.5 Å². The van der Waals surface area contributed by atoms with Gasteiger partial charge in [-0.15, -0.1) is 11.8 Å². The number of amides is 1. The number of hydrogen-bond donors (Lipinski definition) is 1. The van der Waals surface area contributed by atoms with E-state index < -0.39 is 0 Å². The molecule has 23 heavy (non-hydrogen) atoms. The number of carbonyl (C=O) groups is 1. The van der Waals surface area contributed by atoms with Gasteiger partial charge < -0.3 is 10.0 Å². The molecule has 0 spiro atoms. The van der Waals surface area contributed by atoms with Crippen molar-refractivity contribution >= 4 is 17.7 Å². The Hall–Kier alpha value is -1.78. The summed E-state index contributed by atoms with van der Waals surface area (Å²) >= 11 is 1.79. The number of thioether (sulfide) groups is 1. The molecule has 0 unspecified atom stereocenters. The summed E-state index contributed by atoms with van der Waals surface area (Å²) in [5.41, 5.74) is 1.91. The summed E-state index contributed by atoms with van der Waals surface area (Å²) in [6.07, 6.45) is 1.87. The smallest absolute Gasteiger partial charge is 0.254 e. The summed E-state index contributed by atoms with van der Waals surface area (Å²) in [7, 11) is 0. The molecule has 0 bridgehead atoms. The quantitative estimate of drug-likeness (QED) is 0.854. The van der Waals surface area contributed by atoms with Gasteiger partial charge in [0.05, 0.1) is 12.6 Å². The van der Waals surface area contributed by atoms with Crippen LogP contribution in [0.2, 0.25) is 0 Å². The molecule has 0 aliphatic carbocycles. The Balaban J connectivity index is 1.61. The first kappa shape index (κ1) is 16.1. The third-order valence-corrected chi connectivity index (χ3v) is 5.28. The first-order valence-corrected chi connectivity index (χ1v) is 8.95. The number of benzene rings is 2. The van der Waals surface area contributed by atoms with Crippen molar-refractivity contribution in [3.63, 3.8) is 0 Å². The van der Waals surface area contributed by atoms with Crippen molar-refractivity contribution in [2.75, 3.05) is 13.2 Å². The van der Waals surface area contributed by atoms with Crippen molar-refractivity contribution in [1.29, 1.82) is 0 Å². The lowest BCUT2D eigenvalue weighted by Gasteiger charge is -2.23. The lowest BCUT2D eigenvalue weighted by Crippen LogP contribution is -2.37. The number of aliphatic hydroxyl groups is 1. The number of hydrogen-bond acceptors (Lipinski definition) is 3. The van der Waals surface area contributed by atoms with Crippen LogP contribution < -0.4 is 0 Å². The number of carbonyl (C=O) groups excluding carboxylic acids is 1. The molecule has 0 saturated carbocycles. The highest BCUT2D eigenvalue weighted by Crippen LogP contribution is 2.23. The van der Waals surface area contributed by atoms with Gasteiger partial charge in [-0.25, -0.2) is 0 Å². The standard InChI is InChI=1S/C19H21NO2S/c21-13-17-5-4-12-20(17)19(22)16-10-8-15(9-11-16)14-23-18-6-2-1-3-7-18/h1-3,6-11,17,21H,4-5,12-14H2/t17-/m1/s1. The van der Waals surface area contributed by atoms with Gasteiger partial charge in [-0.3, -0.25) is 4.79 Å². The van der Waals surface area contributed by atoms with Crippen LogP contribution in [0.3, 0.4) is 0 Å². The fraction of sp³-hybridized carbons (Fsp3) is 0.316. The Morgan fingerprint density at radius 3 is 2.57 bits per heavy atom. The largest absolute Gasteiger partial charge is 0.394 e. The lowest BCUT2D eigenvalue weighted by molar-refractivity contribution is 0.0677. The molecule has 1 aliphatic rings. The Labute approximate surface area is 141 Å². The summed E-state index contributed by atoms with van der Waals surface area (Å²) in [5.74, 6) is 0.922. The molecular weight excluding hydrogens is 306 g/mol. The van der Waals surface area contributed by atoms with Crippen molar-refractivity contribution in [2.24, 2.45) is 0 Å². The summed E-state index contributed by atoms with van der Waals surface area (Å²) in [6.45, 7) is 0.799. The average molecular weight is 327 g/mol. The second kappa shape index (κ2) is 7.66. The van der Waals surface area contributed by atoms with Crippen molar-refractivity contribution in [2.45, 2.75) is 29.5 Å². The van der Waals surface area contributed by atoms with E-state index in [1.165, 1.54) is 10.5 Å². The monoisotopic (exact) mass is 327 g/mol. The zero-order chi connectivity index (χ0) is 16.1. The molecule has 1 fully saturated rings. The molecule has 1 saturated heterocycles. The molecular formula is C19H21NO2S. The van der Waals surface area contributed by atoms with E-state index in [4.69, 9.17) is 0 Å². The van der Waals surface area contributed by atoms with E-state index >= 15 is 0 Å². The average Bonchev–Trinajstić information content (AvgIpc) is 3.09. The first-order chi connectivity index (χ1) is 11.3. The van der Waals surface area contributed by atoms with Gasteiger partial charge in [-0.05, 0) is 42.7 Å². The molecule has 1 atom stereocenters. The van der Waals surface area contributed by atoms with E-state index in [9.17, 15) is 9.90 Å². The second-order valence-electron chi connectivity index (χ2n) is 5.78. The minimum absolute atomic E-state index is 0.0178. The van der Waals surface area contributed by atoms with E-state index in [0.717, 1.165) is 25.1 Å². The summed E-state index contributed by atoms with van der Waals surface area (Å²) in [5, 5.41) is 9.36. The zero-order valence-corrected chi connectivity index (χ0v) is 13.8. The van der Waals surface area contributed by atoms with Crippen LogP contribution in [0.15, 0.2) is 59.5 Å². The predicted octanol–water partition coefficient (Wildman–Crippen LogP) is 3.58. The van der Waals surface area contributed by atoms with Crippen LogP contribution in [0.1, 0.15) is 28.8 Å². The van der Waals surface area contributed by atoms with Gasteiger partial charge in [0.25, 0.3) is 5.91 Å². The highest BCUT2D eigenvalue weighted by molar-refractivity contribution is 7.98. The Bertz CT molecular complexity index is 642. The van der Waals surface area contributed by atoms with Crippen molar-refractivity contribution in [1.82, 2.24) is 4.90 Å². The molecule has 0 aromatic heterocycles. The maximum absolute atomic E-state index is 12.5. The maximum Gasteiger partial charge on any atom is 0.254 e. The van der Waals surface area contributed by atoms with Gasteiger partial charge in [0.2, 0.25) is 0 Å². The molecule has 4 heteroatoms. The van der Waals surface area contributed by atoms with Gasteiger partial charge in [-0.1, -0.05) is 30.3 Å². The van der Waals surface area contributed by atoms with Gasteiger partial charge in [0, 0.05) is 22.8 Å². The Morgan fingerprint density at radius 1 is 1.13 bits per heavy atom. The van der Waals surface area contributed by atoms with Crippen LogP contribution in [-0.4, -0.2) is 35.1 Å². The summed E-state index contributed by atoms with van der Waals surface area (Å²) in [4.78, 5) is 15.6. The van der Waals surface area contributed by atoms with Crippen molar-refractivity contribution in [3.8, 4) is 0 Å². The number of rotatable bonds is 5. The number of likely N-dealkylation sites (tertiary alicyclic amines) is 1. The van der Waals surface area contributed by atoms with Gasteiger partial charge in [-0.2, -0.15) is 0 Å². The highest BCUT2D eigenvalue weighted by Gasteiger charge is 2.28. The van der Waals surface area contributed by atoms with Crippen LogP contribution in [0.4, 0.5) is 0 Å². The van der Waals surface area contributed by atoms with Crippen LogP contribution in [0.25, 0.3) is 0 Å². The van der Waals surface area contributed by atoms with Crippen LogP contribution in [0.5, 0.6) is 0 Å². The predicted molar refractivity (Wildman–Crippen MR) is 93.6 cm³/mol. The SMILES string of the molecule is O=C(c1ccc(CSc2ccccc2)cc1)N1CCC[C@@H]1CO. The Morgan fingerprint density at radius 2 is 1.87 bits per heavy atom.